The summed E-state index contributed by atoms with van der Waals surface area (Å²) in [5.41, 5.74) is 2.84. The number of hydrogen-bond acceptors (Lipinski definition) is 2. The fourth-order valence-electron chi connectivity index (χ4n) is 3.32. The second-order valence-corrected chi connectivity index (χ2v) is 6.21. The molecule has 1 aliphatic rings. The number of ether oxygens (including phenoxy) is 1. The summed E-state index contributed by atoms with van der Waals surface area (Å²) in [7, 11) is 1.71. The molecule has 0 radical (unpaired) electrons. The molecule has 0 aliphatic carbocycles. The fourth-order valence-corrected chi connectivity index (χ4v) is 3.32. The van der Waals surface area contributed by atoms with E-state index in [2.05, 4.69) is 59.9 Å². The first-order valence-corrected chi connectivity index (χ1v) is 8.26. The molecule has 2 heteroatoms. The van der Waals surface area contributed by atoms with E-state index in [1.807, 2.05) is 0 Å². The van der Waals surface area contributed by atoms with Crippen LogP contribution in [0.2, 0.25) is 0 Å². The van der Waals surface area contributed by atoms with E-state index in [0.29, 0.717) is 12.1 Å². The predicted octanol–water partition coefficient (Wildman–Crippen LogP) is 3.99. The van der Waals surface area contributed by atoms with Crippen molar-refractivity contribution in [2.75, 3.05) is 7.11 Å². The summed E-state index contributed by atoms with van der Waals surface area (Å²) in [4.78, 5) is 0. The Hall–Kier alpha value is -1.80. The normalized spacial score (nSPS) is 21.0. The van der Waals surface area contributed by atoms with Crippen LogP contribution >= 0.6 is 0 Å². The lowest BCUT2D eigenvalue weighted by atomic mass is 10.0. The van der Waals surface area contributed by atoms with Crippen molar-refractivity contribution in [1.82, 2.24) is 5.32 Å². The minimum absolute atomic E-state index is 0.642. The van der Waals surface area contributed by atoms with Crippen LogP contribution in [0.15, 0.2) is 54.6 Å². The van der Waals surface area contributed by atoms with Crippen molar-refractivity contribution in [3.8, 4) is 5.75 Å². The molecular weight excluding hydrogens is 270 g/mol. The summed E-state index contributed by atoms with van der Waals surface area (Å²) >= 11 is 0. The van der Waals surface area contributed by atoms with Crippen molar-refractivity contribution in [3.63, 3.8) is 0 Å². The third-order valence-corrected chi connectivity index (χ3v) is 4.60. The molecule has 0 bridgehead atoms. The van der Waals surface area contributed by atoms with E-state index in [0.717, 1.165) is 18.6 Å². The van der Waals surface area contributed by atoms with E-state index in [9.17, 15) is 0 Å². The molecule has 0 amide bonds. The molecule has 1 N–H and O–H groups in total. The van der Waals surface area contributed by atoms with Crippen LogP contribution in [0.1, 0.15) is 30.4 Å². The Kier molecular flexibility index (Phi) is 5.12. The molecule has 1 saturated heterocycles. The molecule has 1 fully saturated rings. The van der Waals surface area contributed by atoms with Gasteiger partial charge in [0.05, 0.1) is 7.11 Å². The van der Waals surface area contributed by atoms with Gasteiger partial charge in [-0.3, -0.25) is 0 Å². The highest BCUT2D eigenvalue weighted by Crippen LogP contribution is 2.21. The van der Waals surface area contributed by atoms with Gasteiger partial charge >= 0.3 is 0 Å². The minimum atomic E-state index is 0.642. The van der Waals surface area contributed by atoms with E-state index in [-0.39, 0.29) is 0 Å². The predicted molar refractivity (Wildman–Crippen MR) is 91.4 cm³/mol. The molecule has 0 saturated carbocycles. The Balaban J connectivity index is 1.44. The number of benzene rings is 2. The lowest BCUT2D eigenvalue weighted by Crippen LogP contribution is -2.31. The Labute approximate surface area is 133 Å². The molecule has 116 valence electrons. The molecular formula is C20H25NO. The fraction of sp³-hybridized carbons (Fsp3) is 0.400. The van der Waals surface area contributed by atoms with Crippen molar-refractivity contribution >= 4 is 0 Å². The van der Waals surface area contributed by atoms with Crippen LogP contribution in [0.5, 0.6) is 5.75 Å². The Bertz CT molecular complexity index is 564. The first-order valence-electron chi connectivity index (χ1n) is 8.26. The quantitative estimate of drug-likeness (QED) is 0.870. The van der Waals surface area contributed by atoms with E-state index >= 15 is 0 Å². The van der Waals surface area contributed by atoms with Gasteiger partial charge in [0.1, 0.15) is 5.75 Å². The maximum absolute atomic E-state index is 5.21. The second-order valence-electron chi connectivity index (χ2n) is 6.21. The molecule has 2 aromatic carbocycles. The zero-order valence-electron chi connectivity index (χ0n) is 13.3. The topological polar surface area (TPSA) is 21.3 Å². The highest BCUT2D eigenvalue weighted by atomic mass is 16.5. The molecule has 0 spiro atoms. The lowest BCUT2D eigenvalue weighted by Gasteiger charge is -2.14. The van der Waals surface area contributed by atoms with E-state index in [1.165, 1.54) is 30.4 Å². The molecule has 1 aliphatic heterocycles. The molecule has 2 aromatic rings. The van der Waals surface area contributed by atoms with Gasteiger partial charge in [0.25, 0.3) is 0 Å². The summed E-state index contributed by atoms with van der Waals surface area (Å²) in [6.45, 7) is 0. The van der Waals surface area contributed by atoms with Gasteiger partial charge in [-0.15, -0.1) is 0 Å². The molecule has 2 nitrogen and oxygen atoms in total. The minimum Gasteiger partial charge on any atom is -0.497 e. The third kappa shape index (κ3) is 4.11. The maximum Gasteiger partial charge on any atom is 0.118 e. The van der Waals surface area contributed by atoms with Crippen LogP contribution in [0.3, 0.4) is 0 Å². The van der Waals surface area contributed by atoms with Crippen molar-refractivity contribution in [2.24, 2.45) is 0 Å². The van der Waals surface area contributed by atoms with Gasteiger partial charge in [0.2, 0.25) is 0 Å². The van der Waals surface area contributed by atoms with Gasteiger partial charge in [-0.1, -0.05) is 42.5 Å². The van der Waals surface area contributed by atoms with Crippen LogP contribution < -0.4 is 10.1 Å². The molecule has 22 heavy (non-hydrogen) atoms. The zero-order chi connectivity index (χ0) is 15.2. The first-order chi connectivity index (χ1) is 10.8. The highest BCUT2D eigenvalue weighted by molar-refractivity contribution is 5.27. The average molecular weight is 295 g/mol. The highest BCUT2D eigenvalue weighted by Gasteiger charge is 2.23. The SMILES string of the molecule is COc1ccc(CCC2CCC(Cc3ccccc3)N2)cc1. The first kappa shape index (κ1) is 15.1. The summed E-state index contributed by atoms with van der Waals surface area (Å²) in [6.07, 6.45) is 6.10. The standard InChI is InChI=1S/C20H25NO/c1-22-20-13-8-16(9-14-20)7-10-18-11-12-19(21-18)15-17-5-3-2-4-6-17/h2-6,8-9,13-14,18-19,21H,7,10-12,15H2,1H3. The summed E-state index contributed by atoms with van der Waals surface area (Å²) in [6, 6.07) is 20.6. The Morgan fingerprint density at radius 2 is 1.64 bits per heavy atom. The number of methoxy groups -OCH3 is 1. The van der Waals surface area contributed by atoms with Crippen LogP contribution in [-0.2, 0) is 12.8 Å². The van der Waals surface area contributed by atoms with Gasteiger partial charge in [0.15, 0.2) is 0 Å². The molecule has 1 heterocycles. The second kappa shape index (κ2) is 7.46. The monoisotopic (exact) mass is 295 g/mol. The zero-order valence-corrected chi connectivity index (χ0v) is 13.3. The number of nitrogens with one attached hydrogen (secondary N) is 1. The molecule has 2 unspecified atom stereocenters. The Morgan fingerprint density at radius 1 is 0.909 bits per heavy atom. The smallest absolute Gasteiger partial charge is 0.118 e. The number of hydrogen-bond donors (Lipinski definition) is 1. The van der Waals surface area contributed by atoms with Gasteiger partial charge in [0, 0.05) is 12.1 Å². The van der Waals surface area contributed by atoms with Gasteiger partial charge in [-0.2, -0.15) is 0 Å². The van der Waals surface area contributed by atoms with E-state index < -0.39 is 0 Å². The van der Waals surface area contributed by atoms with Crippen LogP contribution in [0, 0.1) is 0 Å². The largest absolute Gasteiger partial charge is 0.497 e. The Morgan fingerprint density at radius 3 is 2.36 bits per heavy atom. The summed E-state index contributed by atoms with van der Waals surface area (Å²) in [5, 5.41) is 3.81. The van der Waals surface area contributed by atoms with Crippen molar-refractivity contribution in [1.29, 1.82) is 0 Å². The van der Waals surface area contributed by atoms with Crippen molar-refractivity contribution in [3.05, 3.63) is 65.7 Å². The van der Waals surface area contributed by atoms with Crippen molar-refractivity contribution in [2.45, 2.75) is 44.2 Å². The van der Waals surface area contributed by atoms with E-state index in [4.69, 9.17) is 4.74 Å². The molecule has 3 rings (SSSR count). The molecule has 0 aromatic heterocycles. The third-order valence-electron chi connectivity index (χ3n) is 4.60. The van der Waals surface area contributed by atoms with Crippen molar-refractivity contribution < 1.29 is 4.74 Å². The van der Waals surface area contributed by atoms with Gasteiger partial charge < -0.3 is 10.1 Å². The summed E-state index contributed by atoms with van der Waals surface area (Å²) in [5.74, 6) is 0.936. The van der Waals surface area contributed by atoms with Crippen LogP contribution in [-0.4, -0.2) is 19.2 Å². The average Bonchev–Trinajstić information content (AvgIpc) is 3.02. The molecule has 2 atom stereocenters. The van der Waals surface area contributed by atoms with E-state index in [1.54, 1.807) is 7.11 Å². The number of aryl methyl sites for hydroxylation is 1. The lowest BCUT2D eigenvalue weighted by molar-refractivity contribution is 0.414. The van der Waals surface area contributed by atoms with Gasteiger partial charge in [-0.05, 0) is 55.4 Å². The maximum atomic E-state index is 5.21. The van der Waals surface area contributed by atoms with Crippen LogP contribution in [0.4, 0.5) is 0 Å². The van der Waals surface area contributed by atoms with Crippen LogP contribution in [0.25, 0.3) is 0 Å². The number of rotatable bonds is 6. The summed E-state index contributed by atoms with van der Waals surface area (Å²) < 4.78 is 5.21. The van der Waals surface area contributed by atoms with Gasteiger partial charge in [-0.25, -0.2) is 0 Å².